The predicted octanol–water partition coefficient (Wildman–Crippen LogP) is 1.25. The molecule has 1 unspecified atom stereocenters. The maximum Gasteiger partial charge on any atom is 0.156 e. The summed E-state index contributed by atoms with van der Waals surface area (Å²) in [6.07, 6.45) is 3.05. The van der Waals surface area contributed by atoms with Gasteiger partial charge in [-0.3, -0.25) is 9.48 Å². The summed E-state index contributed by atoms with van der Waals surface area (Å²) < 4.78 is 1.73. The lowest BCUT2D eigenvalue weighted by atomic mass is 9.92. The molecular formula is C15H17N3O. The number of hydrogen-bond donors (Lipinski definition) is 1. The maximum absolute atomic E-state index is 12.3. The second-order valence-corrected chi connectivity index (χ2v) is 5.03. The first kappa shape index (κ1) is 12.1. The zero-order valence-corrected chi connectivity index (χ0v) is 11.0. The minimum absolute atomic E-state index is 0.0862. The summed E-state index contributed by atoms with van der Waals surface area (Å²) in [6, 6.07) is 10.1. The van der Waals surface area contributed by atoms with Crippen LogP contribution in [0.4, 0.5) is 0 Å². The third kappa shape index (κ3) is 2.58. The van der Waals surface area contributed by atoms with E-state index in [9.17, 15) is 4.79 Å². The van der Waals surface area contributed by atoms with E-state index in [0.717, 1.165) is 18.7 Å². The number of nitrogens with one attached hydrogen (secondary N) is 1. The number of nitrogens with zero attached hydrogens (tertiary/aromatic N) is 2. The number of ketones is 1. The first-order chi connectivity index (χ1) is 9.22. The zero-order chi connectivity index (χ0) is 13.2. The van der Waals surface area contributed by atoms with Crippen molar-refractivity contribution in [2.45, 2.75) is 25.4 Å². The molecule has 2 heterocycles. The van der Waals surface area contributed by atoms with Gasteiger partial charge in [0.2, 0.25) is 0 Å². The van der Waals surface area contributed by atoms with Crippen LogP contribution in [0.2, 0.25) is 0 Å². The molecular weight excluding hydrogens is 238 g/mol. The van der Waals surface area contributed by atoms with Gasteiger partial charge in [0.05, 0.1) is 18.2 Å². The SMILES string of the molecule is Cn1ccc(CC(=O)C2Cc3ccccc3CN2)n1. The minimum Gasteiger partial charge on any atom is -0.303 e. The van der Waals surface area contributed by atoms with E-state index in [1.807, 2.05) is 31.4 Å². The molecule has 2 aromatic rings. The average molecular weight is 255 g/mol. The smallest absolute Gasteiger partial charge is 0.156 e. The Kier molecular flexibility index (Phi) is 3.17. The minimum atomic E-state index is -0.0862. The van der Waals surface area contributed by atoms with E-state index < -0.39 is 0 Å². The number of carbonyl (C=O) groups excluding carboxylic acids is 1. The number of Topliss-reactive ketones (excluding diaryl/α,β-unsaturated/α-hetero) is 1. The molecule has 0 spiro atoms. The van der Waals surface area contributed by atoms with Crippen molar-refractivity contribution in [3.63, 3.8) is 0 Å². The summed E-state index contributed by atoms with van der Waals surface area (Å²) in [6.45, 7) is 0.773. The van der Waals surface area contributed by atoms with Gasteiger partial charge in [0.25, 0.3) is 0 Å². The number of hydrogen-bond acceptors (Lipinski definition) is 3. The highest BCUT2D eigenvalue weighted by molar-refractivity contribution is 5.86. The van der Waals surface area contributed by atoms with Crippen molar-refractivity contribution < 1.29 is 4.79 Å². The molecule has 4 nitrogen and oxygen atoms in total. The third-order valence-electron chi connectivity index (χ3n) is 3.59. The van der Waals surface area contributed by atoms with Crippen LogP contribution < -0.4 is 5.32 Å². The molecule has 1 aromatic carbocycles. The van der Waals surface area contributed by atoms with E-state index in [1.165, 1.54) is 11.1 Å². The van der Waals surface area contributed by atoms with Crippen molar-refractivity contribution in [1.29, 1.82) is 0 Å². The normalized spacial score (nSPS) is 18.1. The molecule has 98 valence electrons. The molecule has 1 aliphatic rings. The van der Waals surface area contributed by atoms with Crippen molar-refractivity contribution >= 4 is 5.78 Å². The number of rotatable bonds is 3. The van der Waals surface area contributed by atoms with Crippen molar-refractivity contribution in [3.05, 3.63) is 53.3 Å². The molecule has 0 radical (unpaired) electrons. The fourth-order valence-electron chi connectivity index (χ4n) is 2.54. The van der Waals surface area contributed by atoms with Gasteiger partial charge in [0.15, 0.2) is 5.78 Å². The predicted molar refractivity (Wildman–Crippen MR) is 72.7 cm³/mol. The van der Waals surface area contributed by atoms with Gasteiger partial charge < -0.3 is 5.32 Å². The summed E-state index contributed by atoms with van der Waals surface area (Å²) in [7, 11) is 1.86. The summed E-state index contributed by atoms with van der Waals surface area (Å²) in [5.41, 5.74) is 3.41. The van der Waals surface area contributed by atoms with Gasteiger partial charge in [-0.05, 0) is 23.6 Å². The molecule has 1 aromatic heterocycles. The lowest BCUT2D eigenvalue weighted by Gasteiger charge is -2.24. The summed E-state index contributed by atoms with van der Waals surface area (Å²) in [5.74, 6) is 0.216. The zero-order valence-electron chi connectivity index (χ0n) is 11.0. The molecule has 0 saturated carbocycles. The Balaban J connectivity index is 1.69. The second kappa shape index (κ2) is 4.97. The maximum atomic E-state index is 12.3. The number of aryl methyl sites for hydroxylation is 1. The van der Waals surface area contributed by atoms with Gasteiger partial charge >= 0.3 is 0 Å². The van der Waals surface area contributed by atoms with Gasteiger partial charge in [0, 0.05) is 19.8 Å². The van der Waals surface area contributed by atoms with Crippen molar-refractivity contribution in [3.8, 4) is 0 Å². The first-order valence-electron chi connectivity index (χ1n) is 6.54. The Morgan fingerprint density at radius 2 is 2.16 bits per heavy atom. The molecule has 1 aliphatic heterocycles. The van der Waals surface area contributed by atoms with Crippen LogP contribution in [-0.2, 0) is 31.2 Å². The van der Waals surface area contributed by atoms with Crippen LogP contribution >= 0.6 is 0 Å². The molecule has 1 atom stereocenters. The fraction of sp³-hybridized carbons (Fsp3) is 0.333. The molecule has 0 aliphatic carbocycles. The van der Waals surface area contributed by atoms with Crippen LogP contribution in [0.5, 0.6) is 0 Å². The lowest BCUT2D eigenvalue weighted by Crippen LogP contribution is -2.42. The molecule has 0 bridgehead atoms. The second-order valence-electron chi connectivity index (χ2n) is 5.03. The molecule has 19 heavy (non-hydrogen) atoms. The van der Waals surface area contributed by atoms with Gasteiger partial charge in [-0.25, -0.2) is 0 Å². The summed E-state index contributed by atoms with van der Waals surface area (Å²) in [4.78, 5) is 12.3. The number of fused-ring (bicyclic) bond motifs is 1. The van der Waals surface area contributed by atoms with Crippen molar-refractivity contribution in [2.75, 3.05) is 0 Å². The Morgan fingerprint density at radius 1 is 1.37 bits per heavy atom. The Morgan fingerprint density at radius 3 is 2.89 bits per heavy atom. The Bertz CT molecular complexity index is 603. The highest BCUT2D eigenvalue weighted by Crippen LogP contribution is 2.17. The number of benzene rings is 1. The van der Waals surface area contributed by atoms with Gasteiger partial charge in [-0.2, -0.15) is 5.10 Å². The van der Waals surface area contributed by atoms with E-state index in [1.54, 1.807) is 4.68 Å². The van der Waals surface area contributed by atoms with Crippen LogP contribution in [0, 0.1) is 0 Å². The van der Waals surface area contributed by atoms with Crippen LogP contribution in [0.25, 0.3) is 0 Å². The molecule has 1 N–H and O–H groups in total. The molecule has 0 fully saturated rings. The molecule has 3 rings (SSSR count). The van der Waals surface area contributed by atoms with E-state index in [-0.39, 0.29) is 11.8 Å². The summed E-state index contributed by atoms with van der Waals surface area (Å²) >= 11 is 0. The van der Waals surface area contributed by atoms with Crippen LogP contribution in [0.1, 0.15) is 16.8 Å². The largest absolute Gasteiger partial charge is 0.303 e. The van der Waals surface area contributed by atoms with E-state index in [4.69, 9.17) is 0 Å². The highest BCUT2D eigenvalue weighted by Gasteiger charge is 2.24. The average Bonchev–Trinajstić information content (AvgIpc) is 2.83. The summed E-state index contributed by atoms with van der Waals surface area (Å²) in [5, 5.41) is 7.58. The monoisotopic (exact) mass is 255 g/mol. The molecule has 0 amide bonds. The fourth-order valence-corrected chi connectivity index (χ4v) is 2.54. The third-order valence-corrected chi connectivity index (χ3v) is 3.59. The van der Waals surface area contributed by atoms with Crippen LogP contribution in [-0.4, -0.2) is 21.6 Å². The van der Waals surface area contributed by atoms with Crippen LogP contribution in [0.3, 0.4) is 0 Å². The number of aromatic nitrogens is 2. The topological polar surface area (TPSA) is 46.9 Å². The Hall–Kier alpha value is -1.94. The highest BCUT2D eigenvalue weighted by atomic mass is 16.1. The van der Waals surface area contributed by atoms with E-state index in [2.05, 4.69) is 22.5 Å². The lowest BCUT2D eigenvalue weighted by molar-refractivity contribution is -0.120. The van der Waals surface area contributed by atoms with Gasteiger partial charge in [0.1, 0.15) is 0 Å². The first-order valence-corrected chi connectivity index (χ1v) is 6.54. The van der Waals surface area contributed by atoms with E-state index in [0.29, 0.717) is 6.42 Å². The quantitative estimate of drug-likeness (QED) is 0.898. The standard InChI is InChI=1S/C15H17N3O/c1-18-7-6-13(17-18)9-15(19)14-8-11-4-2-3-5-12(11)10-16-14/h2-7,14,16H,8-10H2,1H3. The molecule has 0 saturated heterocycles. The van der Waals surface area contributed by atoms with Crippen molar-refractivity contribution in [1.82, 2.24) is 15.1 Å². The van der Waals surface area contributed by atoms with Gasteiger partial charge in [-0.15, -0.1) is 0 Å². The Labute approximate surface area is 112 Å². The number of carbonyl (C=O) groups is 1. The van der Waals surface area contributed by atoms with E-state index >= 15 is 0 Å². The molecule has 4 heteroatoms. The van der Waals surface area contributed by atoms with Crippen LogP contribution in [0.15, 0.2) is 36.5 Å². The van der Waals surface area contributed by atoms with Crippen molar-refractivity contribution in [2.24, 2.45) is 7.05 Å². The van der Waals surface area contributed by atoms with Gasteiger partial charge in [-0.1, -0.05) is 24.3 Å².